The summed E-state index contributed by atoms with van der Waals surface area (Å²) < 4.78 is 3.31. The first kappa shape index (κ1) is 15.9. The zero-order chi connectivity index (χ0) is 17.6. The van der Waals surface area contributed by atoms with E-state index in [0.29, 0.717) is 18.3 Å². The highest BCUT2D eigenvalue weighted by Crippen LogP contribution is 2.27. The van der Waals surface area contributed by atoms with Crippen LogP contribution in [-0.2, 0) is 6.54 Å². The minimum absolute atomic E-state index is 0.0875. The highest BCUT2D eigenvalue weighted by molar-refractivity contribution is 7.15. The zero-order valence-electron chi connectivity index (χ0n) is 14.4. The van der Waals surface area contributed by atoms with Gasteiger partial charge in [0.1, 0.15) is 5.01 Å². The molecule has 0 spiro atoms. The Bertz CT molecular complexity index is 967. The van der Waals surface area contributed by atoms with Crippen molar-refractivity contribution in [1.82, 2.24) is 29.8 Å². The SMILES string of the molecule is Cc1cc(C)n(-c2ccc(=O)n(CC3CN(c4nnc(C)s4)C3)n2)n1. The molecule has 0 unspecified atom stereocenters. The topological polar surface area (TPSA) is 81.7 Å². The Morgan fingerprint density at radius 2 is 1.96 bits per heavy atom. The lowest BCUT2D eigenvalue weighted by Crippen LogP contribution is -2.49. The summed E-state index contributed by atoms with van der Waals surface area (Å²) in [5.41, 5.74) is 1.84. The average molecular weight is 357 g/mol. The molecule has 0 N–H and O–H groups in total. The maximum atomic E-state index is 12.2. The van der Waals surface area contributed by atoms with Crippen molar-refractivity contribution in [1.29, 1.82) is 0 Å². The molecule has 0 atom stereocenters. The number of aryl methyl sites for hydroxylation is 3. The van der Waals surface area contributed by atoms with Gasteiger partial charge in [0.05, 0.1) is 12.2 Å². The van der Waals surface area contributed by atoms with Gasteiger partial charge in [-0.3, -0.25) is 4.79 Å². The van der Waals surface area contributed by atoms with Crippen LogP contribution < -0.4 is 10.5 Å². The molecule has 1 aliphatic heterocycles. The van der Waals surface area contributed by atoms with E-state index in [-0.39, 0.29) is 5.56 Å². The highest BCUT2D eigenvalue weighted by Gasteiger charge is 2.30. The second kappa shape index (κ2) is 6.07. The van der Waals surface area contributed by atoms with Crippen LogP contribution in [0.3, 0.4) is 0 Å². The zero-order valence-corrected chi connectivity index (χ0v) is 15.2. The highest BCUT2D eigenvalue weighted by atomic mass is 32.1. The number of nitrogens with zero attached hydrogens (tertiary/aromatic N) is 7. The standard InChI is InChI=1S/C16H19N7OS/c1-10-6-11(2)23(19-10)14-4-5-15(24)22(20-14)9-13-7-21(8-13)16-18-17-12(3)25-16/h4-6,13H,7-9H2,1-3H3. The summed E-state index contributed by atoms with van der Waals surface area (Å²) in [5, 5.41) is 19.1. The fraction of sp³-hybridized carbons (Fsp3) is 0.438. The van der Waals surface area contributed by atoms with E-state index in [9.17, 15) is 4.79 Å². The molecule has 0 aromatic carbocycles. The summed E-state index contributed by atoms with van der Waals surface area (Å²) in [6, 6.07) is 5.27. The number of aromatic nitrogens is 6. The number of hydrogen-bond acceptors (Lipinski definition) is 7. The van der Waals surface area contributed by atoms with Crippen LogP contribution in [0, 0.1) is 26.7 Å². The van der Waals surface area contributed by atoms with Crippen LogP contribution in [0.1, 0.15) is 16.4 Å². The first-order valence-electron chi connectivity index (χ1n) is 8.16. The number of rotatable bonds is 4. The van der Waals surface area contributed by atoms with Crippen molar-refractivity contribution >= 4 is 16.5 Å². The predicted octanol–water partition coefficient (Wildman–Crippen LogP) is 1.34. The third-order valence-corrected chi connectivity index (χ3v) is 5.15. The second-order valence-electron chi connectivity index (χ2n) is 6.43. The van der Waals surface area contributed by atoms with E-state index >= 15 is 0 Å². The molecule has 3 aromatic rings. The van der Waals surface area contributed by atoms with Crippen LogP contribution in [0.4, 0.5) is 5.13 Å². The molecule has 9 heteroatoms. The molecular formula is C16H19N7OS. The lowest BCUT2D eigenvalue weighted by molar-refractivity contribution is 0.333. The summed E-state index contributed by atoms with van der Waals surface area (Å²) in [6.07, 6.45) is 0. The summed E-state index contributed by atoms with van der Waals surface area (Å²) in [5.74, 6) is 1.05. The molecule has 0 radical (unpaired) electrons. The number of hydrogen-bond donors (Lipinski definition) is 0. The minimum Gasteiger partial charge on any atom is -0.346 e. The first-order valence-corrected chi connectivity index (χ1v) is 8.98. The predicted molar refractivity (Wildman–Crippen MR) is 95.4 cm³/mol. The van der Waals surface area contributed by atoms with E-state index in [1.807, 2.05) is 26.8 Å². The molecular weight excluding hydrogens is 338 g/mol. The molecule has 8 nitrogen and oxygen atoms in total. The lowest BCUT2D eigenvalue weighted by atomic mass is 10.0. The van der Waals surface area contributed by atoms with Crippen LogP contribution in [0.2, 0.25) is 0 Å². The van der Waals surface area contributed by atoms with Gasteiger partial charge in [0.25, 0.3) is 5.56 Å². The monoisotopic (exact) mass is 357 g/mol. The van der Waals surface area contributed by atoms with Crippen molar-refractivity contribution < 1.29 is 0 Å². The van der Waals surface area contributed by atoms with Crippen LogP contribution in [0.15, 0.2) is 23.0 Å². The molecule has 1 saturated heterocycles. The van der Waals surface area contributed by atoms with E-state index in [1.54, 1.807) is 32.8 Å². The number of anilines is 1. The molecule has 0 aliphatic carbocycles. The first-order chi connectivity index (χ1) is 12.0. The van der Waals surface area contributed by atoms with E-state index < -0.39 is 0 Å². The normalized spacial score (nSPS) is 14.8. The van der Waals surface area contributed by atoms with Gasteiger partial charge in [0.2, 0.25) is 5.13 Å². The van der Waals surface area contributed by atoms with Crippen molar-refractivity contribution in [2.75, 3.05) is 18.0 Å². The molecule has 0 bridgehead atoms. The Morgan fingerprint density at radius 3 is 2.60 bits per heavy atom. The third-order valence-electron chi connectivity index (χ3n) is 4.25. The fourth-order valence-electron chi connectivity index (χ4n) is 3.04. The summed E-state index contributed by atoms with van der Waals surface area (Å²) in [4.78, 5) is 14.3. The maximum Gasteiger partial charge on any atom is 0.266 e. The van der Waals surface area contributed by atoms with E-state index in [0.717, 1.165) is 34.6 Å². The van der Waals surface area contributed by atoms with Gasteiger partial charge in [-0.05, 0) is 32.9 Å². The smallest absolute Gasteiger partial charge is 0.266 e. The molecule has 130 valence electrons. The Balaban J connectivity index is 1.49. The molecule has 25 heavy (non-hydrogen) atoms. The van der Waals surface area contributed by atoms with Crippen LogP contribution in [0.5, 0.6) is 0 Å². The van der Waals surface area contributed by atoms with Gasteiger partial charge in [0, 0.05) is 30.8 Å². The molecule has 0 saturated carbocycles. The van der Waals surface area contributed by atoms with Crippen molar-refractivity contribution in [2.45, 2.75) is 27.3 Å². The van der Waals surface area contributed by atoms with Crippen LogP contribution in [0.25, 0.3) is 5.82 Å². The van der Waals surface area contributed by atoms with Gasteiger partial charge in [-0.25, -0.2) is 9.36 Å². The van der Waals surface area contributed by atoms with Gasteiger partial charge in [-0.2, -0.15) is 5.10 Å². The van der Waals surface area contributed by atoms with Crippen molar-refractivity contribution in [2.24, 2.45) is 5.92 Å². The third kappa shape index (κ3) is 3.07. The van der Waals surface area contributed by atoms with Crippen LogP contribution in [-0.4, -0.2) is 42.8 Å². The van der Waals surface area contributed by atoms with E-state index in [4.69, 9.17) is 0 Å². The Labute approximate surface area is 148 Å². The lowest BCUT2D eigenvalue weighted by Gasteiger charge is -2.38. The van der Waals surface area contributed by atoms with Crippen molar-refractivity contribution in [3.05, 3.63) is 44.9 Å². The minimum atomic E-state index is -0.0875. The Morgan fingerprint density at radius 1 is 1.16 bits per heavy atom. The van der Waals surface area contributed by atoms with Gasteiger partial charge in [-0.1, -0.05) is 11.3 Å². The van der Waals surface area contributed by atoms with Crippen molar-refractivity contribution in [3.8, 4) is 5.82 Å². The van der Waals surface area contributed by atoms with Crippen LogP contribution >= 0.6 is 11.3 Å². The van der Waals surface area contributed by atoms with Gasteiger partial charge in [0.15, 0.2) is 5.82 Å². The molecule has 1 aliphatic rings. The Hall–Kier alpha value is -2.55. The van der Waals surface area contributed by atoms with E-state index in [2.05, 4.69) is 25.3 Å². The summed E-state index contributed by atoms with van der Waals surface area (Å²) in [7, 11) is 0. The molecule has 4 rings (SSSR count). The molecule has 1 fully saturated rings. The van der Waals surface area contributed by atoms with Gasteiger partial charge >= 0.3 is 0 Å². The maximum absolute atomic E-state index is 12.2. The van der Waals surface area contributed by atoms with E-state index in [1.165, 1.54) is 0 Å². The average Bonchev–Trinajstić information content (AvgIpc) is 3.09. The molecule has 3 aromatic heterocycles. The molecule has 4 heterocycles. The fourth-order valence-corrected chi connectivity index (χ4v) is 3.75. The largest absolute Gasteiger partial charge is 0.346 e. The molecule has 0 amide bonds. The van der Waals surface area contributed by atoms with Crippen molar-refractivity contribution in [3.63, 3.8) is 0 Å². The Kier molecular flexibility index (Phi) is 3.87. The summed E-state index contributed by atoms with van der Waals surface area (Å²) >= 11 is 1.59. The second-order valence-corrected chi connectivity index (χ2v) is 7.59. The van der Waals surface area contributed by atoms with Gasteiger partial charge in [-0.15, -0.1) is 15.3 Å². The quantitative estimate of drug-likeness (QED) is 0.701. The van der Waals surface area contributed by atoms with Gasteiger partial charge < -0.3 is 4.90 Å². The summed E-state index contributed by atoms with van der Waals surface area (Å²) in [6.45, 7) is 8.20.